The number of nitrogens with one attached hydrogen (secondary N) is 2. The molecule has 2 N–H and O–H groups in total. The van der Waals surface area contributed by atoms with E-state index in [4.69, 9.17) is 4.98 Å². The topological polar surface area (TPSA) is 104 Å². The van der Waals surface area contributed by atoms with Crippen LogP contribution in [0.5, 0.6) is 0 Å². The van der Waals surface area contributed by atoms with Gasteiger partial charge in [-0.15, -0.1) is 0 Å². The molecule has 0 aliphatic heterocycles. The monoisotopic (exact) mass is 395 g/mol. The van der Waals surface area contributed by atoms with Crippen LogP contribution in [0.15, 0.2) is 47.8 Å². The first-order chi connectivity index (χ1) is 13.4. The standard InChI is InChI=1S/C20H21N5O2S/c1-4-17-15(10-23-25-17)16-9-21-20-19(16)24-18(11-22-20)13-5-7-14(8-6-13)28(26,27)12(2)3/h5-12H,4H2,1-3H3,(H,21,22)(H,23,25). The van der Waals surface area contributed by atoms with E-state index in [0.717, 1.165) is 34.3 Å². The fraction of sp³-hybridized carbons (Fsp3) is 0.250. The second kappa shape index (κ2) is 6.87. The molecule has 0 unspecified atom stereocenters. The highest BCUT2D eigenvalue weighted by atomic mass is 32.2. The summed E-state index contributed by atoms with van der Waals surface area (Å²) >= 11 is 0. The fourth-order valence-electron chi connectivity index (χ4n) is 3.14. The molecule has 1 aromatic carbocycles. The van der Waals surface area contributed by atoms with Crippen molar-refractivity contribution in [3.05, 3.63) is 48.5 Å². The minimum Gasteiger partial charge on any atom is -0.344 e. The average molecular weight is 395 g/mol. The first kappa shape index (κ1) is 18.4. The Hall–Kier alpha value is -3.00. The number of fused-ring (bicyclic) bond motifs is 1. The lowest BCUT2D eigenvalue weighted by atomic mass is 10.1. The van der Waals surface area contributed by atoms with Gasteiger partial charge in [-0.25, -0.2) is 18.4 Å². The van der Waals surface area contributed by atoms with Crippen molar-refractivity contribution >= 4 is 21.0 Å². The second-order valence-corrected chi connectivity index (χ2v) is 9.39. The van der Waals surface area contributed by atoms with Crippen molar-refractivity contribution in [2.75, 3.05) is 0 Å². The summed E-state index contributed by atoms with van der Waals surface area (Å²) in [5.74, 6) is 0. The minimum atomic E-state index is -3.30. The molecule has 0 aliphatic rings. The number of aromatic amines is 2. The third kappa shape index (κ3) is 2.99. The zero-order valence-electron chi connectivity index (χ0n) is 15.9. The van der Waals surface area contributed by atoms with Gasteiger partial charge in [0, 0.05) is 28.6 Å². The molecule has 4 aromatic rings. The number of hydrogen-bond acceptors (Lipinski definition) is 5. The van der Waals surface area contributed by atoms with Gasteiger partial charge in [0.2, 0.25) is 0 Å². The Bertz CT molecular complexity index is 1240. The van der Waals surface area contributed by atoms with Crippen LogP contribution in [0.2, 0.25) is 0 Å². The molecule has 3 aromatic heterocycles. The highest BCUT2D eigenvalue weighted by Crippen LogP contribution is 2.30. The first-order valence-electron chi connectivity index (χ1n) is 9.13. The maximum atomic E-state index is 12.3. The normalized spacial score (nSPS) is 12.1. The number of rotatable bonds is 5. The Morgan fingerprint density at radius 1 is 1.07 bits per heavy atom. The summed E-state index contributed by atoms with van der Waals surface area (Å²) in [5.41, 5.74) is 5.92. The van der Waals surface area contributed by atoms with Crippen LogP contribution in [0.25, 0.3) is 33.5 Å². The van der Waals surface area contributed by atoms with Crippen molar-refractivity contribution in [2.45, 2.75) is 37.3 Å². The summed E-state index contributed by atoms with van der Waals surface area (Å²) < 4.78 is 24.6. The molecule has 0 amide bonds. The van der Waals surface area contributed by atoms with Gasteiger partial charge < -0.3 is 4.98 Å². The van der Waals surface area contributed by atoms with Gasteiger partial charge in [-0.2, -0.15) is 5.10 Å². The van der Waals surface area contributed by atoms with Crippen LogP contribution < -0.4 is 0 Å². The maximum Gasteiger partial charge on any atom is 0.180 e. The zero-order chi connectivity index (χ0) is 19.9. The largest absolute Gasteiger partial charge is 0.344 e. The van der Waals surface area contributed by atoms with E-state index in [1.165, 1.54) is 0 Å². The third-order valence-corrected chi connectivity index (χ3v) is 7.01. The van der Waals surface area contributed by atoms with Crippen molar-refractivity contribution in [3.63, 3.8) is 0 Å². The van der Waals surface area contributed by atoms with Crippen molar-refractivity contribution in [3.8, 4) is 22.4 Å². The summed E-state index contributed by atoms with van der Waals surface area (Å²) in [4.78, 5) is 12.7. The number of aryl methyl sites for hydroxylation is 1. The van der Waals surface area contributed by atoms with Gasteiger partial charge in [-0.1, -0.05) is 19.1 Å². The van der Waals surface area contributed by atoms with E-state index in [-0.39, 0.29) is 0 Å². The number of benzene rings is 1. The van der Waals surface area contributed by atoms with E-state index in [1.54, 1.807) is 50.5 Å². The maximum absolute atomic E-state index is 12.3. The summed E-state index contributed by atoms with van der Waals surface area (Å²) in [6.07, 6.45) is 6.20. The zero-order valence-corrected chi connectivity index (χ0v) is 16.7. The van der Waals surface area contributed by atoms with Gasteiger partial charge in [0.05, 0.1) is 28.2 Å². The highest BCUT2D eigenvalue weighted by molar-refractivity contribution is 7.92. The first-order valence-corrected chi connectivity index (χ1v) is 10.7. The van der Waals surface area contributed by atoms with E-state index in [1.807, 2.05) is 6.20 Å². The highest BCUT2D eigenvalue weighted by Gasteiger charge is 2.19. The SMILES string of the molecule is CCc1[nH]ncc1-c1c[nH]c2ncc(-c3ccc(S(=O)(=O)C(C)C)cc3)nc12. The molecular weight excluding hydrogens is 374 g/mol. The Labute approximate surface area is 163 Å². The van der Waals surface area contributed by atoms with Crippen LogP contribution in [-0.4, -0.2) is 38.8 Å². The predicted molar refractivity (Wildman–Crippen MR) is 109 cm³/mol. The smallest absolute Gasteiger partial charge is 0.180 e. The van der Waals surface area contributed by atoms with Gasteiger partial charge in [0.25, 0.3) is 0 Å². The van der Waals surface area contributed by atoms with Crippen LogP contribution in [-0.2, 0) is 16.3 Å². The quantitative estimate of drug-likeness (QED) is 0.535. The van der Waals surface area contributed by atoms with Crippen molar-refractivity contribution in [2.24, 2.45) is 0 Å². The van der Waals surface area contributed by atoms with E-state index >= 15 is 0 Å². The number of sulfone groups is 1. The lowest BCUT2D eigenvalue weighted by Gasteiger charge is -2.08. The molecule has 0 radical (unpaired) electrons. The lowest BCUT2D eigenvalue weighted by molar-refractivity contribution is 0.587. The molecule has 0 aliphatic carbocycles. The van der Waals surface area contributed by atoms with Crippen LogP contribution in [0, 0.1) is 0 Å². The van der Waals surface area contributed by atoms with Crippen molar-refractivity contribution in [1.82, 2.24) is 25.1 Å². The van der Waals surface area contributed by atoms with Crippen LogP contribution in [0.1, 0.15) is 26.5 Å². The molecule has 0 bridgehead atoms. The molecule has 8 heteroatoms. The Morgan fingerprint density at radius 2 is 1.82 bits per heavy atom. The molecule has 7 nitrogen and oxygen atoms in total. The molecule has 28 heavy (non-hydrogen) atoms. The molecule has 0 fully saturated rings. The number of hydrogen-bond donors (Lipinski definition) is 2. The minimum absolute atomic E-state index is 0.314. The van der Waals surface area contributed by atoms with E-state index in [0.29, 0.717) is 16.2 Å². The Morgan fingerprint density at radius 3 is 2.50 bits per heavy atom. The molecule has 0 saturated carbocycles. The van der Waals surface area contributed by atoms with Crippen LogP contribution in [0.4, 0.5) is 0 Å². The molecule has 3 heterocycles. The van der Waals surface area contributed by atoms with E-state index < -0.39 is 15.1 Å². The Kier molecular flexibility index (Phi) is 4.50. The predicted octanol–water partition coefficient (Wildman–Crippen LogP) is 3.76. The fourth-order valence-corrected chi connectivity index (χ4v) is 4.20. The van der Waals surface area contributed by atoms with Crippen LogP contribution >= 0.6 is 0 Å². The summed E-state index contributed by atoms with van der Waals surface area (Å²) in [6.45, 7) is 5.42. The third-order valence-electron chi connectivity index (χ3n) is 4.84. The second-order valence-electron chi connectivity index (χ2n) is 6.89. The molecule has 0 atom stereocenters. The molecule has 0 saturated heterocycles. The van der Waals surface area contributed by atoms with Gasteiger partial charge in [-0.3, -0.25) is 5.10 Å². The number of aromatic nitrogens is 5. The van der Waals surface area contributed by atoms with E-state index in [9.17, 15) is 8.42 Å². The summed E-state index contributed by atoms with van der Waals surface area (Å²) in [6, 6.07) is 6.79. The lowest BCUT2D eigenvalue weighted by Crippen LogP contribution is -2.13. The summed E-state index contributed by atoms with van der Waals surface area (Å²) in [5, 5.41) is 6.70. The Balaban J connectivity index is 1.77. The van der Waals surface area contributed by atoms with Crippen molar-refractivity contribution in [1.29, 1.82) is 0 Å². The molecule has 0 spiro atoms. The number of nitrogens with zero attached hydrogens (tertiary/aromatic N) is 3. The van der Waals surface area contributed by atoms with Gasteiger partial charge in [0.1, 0.15) is 5.52 Å². The van der Waals surface area contributed by atoms with E-state index in [2.05, 4.69) is 27.1 Å². The van der Waals surface area contributed by atoms with Gasteiger partial charge >= 0.3 is 0 Å². The van der Waals surface area contributed by atoms with Crippen molar-refractivity contribution < 1.29 is 8.42 Å². The van der Waals surface area contributed by atoms with Gasteiger partial charge in [0.15, 0.2) is 15.5 Å². The molecule has 144 valence electrons. The number of H-pyrrole nitrogens is 2. The van der Waals surface area contributed by atoms with Gasteiger partial charge in [-0.05, 0) is 32.4 Å². The summed E-state index contributed by atoms with van der Waals surface area (Å²) in [7, 11) is -3.30. The molecule has 4 rings (SSSR count). The average Bonchev–Trinajstić information content (AvgIpc) is 3.33. The molecular formula is C20H21N5O2S. The van der Waals surface area contributed by atoms with Crippen LogP contribution in [0.3, 0.4) is 0 Å².